The van der Waals surface area contributed by atoms with Gasteiger partial charge in [-0.2, -0.15) is 22.0 Å². The van der Waals surface area contributed by atoms with Crippen LogP contribution in [0.2, 0.25) is 0 Å². The predicted octanol–water partition coefficient (Wildman–Crippen LogP) is 5.68. The fourth-order valence-corrected chi connectivity index (χ4v) is 3.00. The zero-order valence-corrected chi connectivity index (χ0v) is 16.4. The van der Waals surface area contributed by atoms with Crippen molar-refractivity contribution in [1.29, 1.82) is 0 Å². The van der Waals surface area contributed by atoms with E-state index in [1.54, 1.807) is 0 Å². The first-order valence-corrected chi connectivity index (χ1v) is 8.92. The number of imide groups is 1. The zero-order chi connectivity index (χ0) is 23.7. The van der Waals surface area contributed by atoms with Crippen LogP contribution in [0.25, 0.3) is 0 Å². The second-order valence-electron chi connectivity index (χ2n) is 6.04. The van der Waals surface area contributed by atoms with Gasteiger partial charge < -0.3 is 0 Å². The highest BCUT2D eigenvalue weighted by Crippen LogP contribution is 2.47. The fourth-order valence-electron chi connectivity index (χ4n) is 2.29. The van der Waals surface area contributed by atoms with Gasteiger partial charge in [0.05, 0.1) is 11.3 Å². The van der Waals surface area contributed by atoms with E-state index in [9.17, 15) is 44.7 Å². The quantitative estimate of drug-likeness (QED) is 0.425. The summed E-state index contributed by atoms with van der Waals surface area (Å²) in [4.78, 5) is 24.8. The maximum Gasteiger partial charge on any atom is 0.464 e. The van der Waals surface area contributed by atoms with Crippen LogP contribution in [0, 0.1) is 17.5 Å². The summed E-state index contributed by atoms with van der Waals surface area (Å²) >= 11 is -0.936. The molecule has 0 spiro atoms. The van der Waals surface area contributed by atoms with Crippen molar-refractivity contribution >= 4 is 29.4 Å². The summed E-state index contributed by atoms with van der Waals surface area (Å²) in [6, 6.07) is 3.31. The van der Waals surface area contributed by atoms with E-state index in [1.165, 1.54) is 0 Å². The van der Waals surface area contributed by atoms with E-state index in [2.05, 4.69) is 0 Å². The van der Waals surface area contributed by atoms with E-state index in [4.69, 9.17) is 0 Å². The van der Waals surface area contributed by atoms with Gasteiger partial charge in [-0.25, -0.2) is 18.0 Å². The lowest BCUT2D eigenvalue weighted by atomic mass is 10.2. The standard InChI is InChI=1S/C18H12F8N2O2S/c1-27(16(30)28(2)15(29)10-4-3-5-11(19)14(10)21)13-7-6-9(8-12(13)20)31-18(25,26)17(22,23)24/h3-8H,1-2H3. The minimum absolute atomic E-state index is 0.345. The molecule has 31 heavy (non-hydrogen) atoms. The molecule has 0 unspecified atom stereocenters. The van der Waals surface area contributed by atoms with Gasteiger partial charge in [-0.15, -0.1) is 0 Å². The lowest BCUT2D eigenvalue weighted by molar-refractivity contribution is -0.237. The molecule has 4 nitrogen and oxygen atoms in total. The van der Waals surface area contributed by atoms with Gasteiger partial charge >= 0.3 is 17.5 Å². The third-order valence-corrected chi connectivity index (χ3v) is 4.89. The highest BCUT2D eigenvalue weighted by Gasteiger charge is 2.58. The molecule has 0 aliphatic carbocycles. The molecule has 0 saturated heterocycles. The van der Waals surface area contributed by atoms with Gasteiger partial charge in [-0.1, -0.05) is 6.07 Å². The van der Waals surface area contributed by atoms with Gasteiger partial charge in [0.2, 0.25) is 0 Å². The third-order valence-electron chi connectivity index (χ3n) is 3.92. The molecular weight excluding hydrogens is 460 g/mol. The zero-order valence-electron chi connectivity index (χ0n) is 15.6. The van der Waals surface area contributed by atoms with Crippen LogP contribution in [0.5, 0.6) is 0 Å². The molecule has 0 bridgehead atoms. The highest BCUT2D eigenvalue weighted by molar-refractivity contribution is 8.00. The molecule has 0 N–H and O–H groups in total. The van der Waals surface area contributed by atoms with Gasteiger partial charge in [0, 0.05) is 19.0 Å². The van der Waals surface area contributed by atoms with Crippen molar-refractivity contribution in [3.05, 3.63) is 59.4 Å². The van der Waals surface area contributed by atoms with Gasteiger partial charge in [0.1, 0.15) is 5.82 Å². The highest BCUT2D eigenvalue weighted by atomic mass is 32.2. The summed E-state index contributed by atoms with van der Waals surface area (Å²) in [6.45, 7) is 0. The van der Waals surface area contributed by atoms with Crippen molar-refractivity contribution in [3.63, 3.8) is 0 Å². The smallest absolute Gasteiger partial charge is 0.294 e. The molecular formula is C18H12F8N2O2S. The summed E-state index contributed by atoms with van der Waals surface area (Å²) in [5, 5.41) is -5.18. The summed E-state index contributed by atoms with van der Waals surface area (Å²) in [5.74, 6) is -5.44. The number of anilines is 1. The first kappa shape index (κ1) is 24.4. The van der Waals surface area contributed by atoms with E-state index in [-0.39, 0.29) is 0 Å². The molecule has 0 fully saturated rings. The average molecular weight is 472 g/mol. The second kappa shape index (κ2) is 8.73. The van der Waals surface area contributed by atoms with Gasteiger partial charge in [0.25, 0.3) is 5.91 Å². The number of halogens is 8. The van der Waals surface area contributed by atoms with Crippen LogP contribution in [0.15, 0.2) is 41.3 Å². The van der Waals surface area contributed by atoms with Gasteiger partial charge in [0.15, 0.2) is 11.6 Å². The molecule has 0 heterocycles. The summed E-state index contributed by atoms with van der Waals surface area (Å²) in [5.41, 5.74) is -1.34. The molecule has 3 amide bonds. The number of rotatable bonds is 4. The van der Waals surface area contributed by atoms with E-state index in [1.807, 2.05) is 0 Å². The maximum absolute atomic E-state index is 14.3. The molecule has 0 saturated carbocycles. The Morgan fingerprint density at radius 2 is 1.52 bits per heavy atom. The average Bonchev–Trinajstić information content (AvgIpc) is 2.67. The Hall–Kier alpha value is -2.83. The van der Waals surface area contributed by atoms with Crippen LogP contribution >= 0.6 is 11.8 Å². The van der Waals surface area contributed by atoms with E-state index in [0.29, 0.717) is 15.9 Å². The molecule has 168 valence electrons. The summed E-state index contributed by atoms with van der Waals surface area (Å²) in [7, 11) is 1.88. The largest absolute Gasteiger partial charge is 0.464 e. The lowest BCUT2D eigenvalue weighted by Gasteiger charge is -2.24. The minimum atomic E-state index is -5.87. The molecule has 2 aromatic rings. The Bertz CT molecular complexity index is 1010. The number of hydrogen-bond acceptors (Lipinski definition) is 3. The molecule has 13 heteroatoms. The maximum atomic E-state index is 14.3. The van der Waals surface area contributed by atoms with Crippen LogP contribution in [0.1, 0.15) is 10.4 Å². The monoisotopic (exact) mass is 472 g/mol. The molecule has 0 radical (unpaired) electrons. The van der Waals surface area contributed by atoms with Crippen LogP contribution in [0.3, 0.4) is 0 Å². The van der Waals surface area contributed by atoms with Crippen molar-refractivity contribution in [2.45, 2.75) is 16.3 Å². The van der Waals surface area contributed by atoms with Crippen molar-refractivity contribution in [2.75, 3.05) is 19.0 Å². The Labute approximate surface area is 174 Å². The topological polar surface area (TPSA) is 40.6 Å². The minimum Gasteiger partial charge on any atom is -0.294 e. The van der Waals surface area contributed by atoms with Crippen LogP contribution in [-0.4, -0.2) is 42.4 Å². The Balaban J connectivity index is 2.24. The normalized spacial score (nSPS) is 11.9. The fraction of sp³-hybridized carbons (Fsp3) is 0.222. The first-order valence-electron chi connectivity index (χ1n) is 8.10. The molecule has 0 aromatic heterocycles. The van der Waals surface area contributed by atoms with Gasteiger partial charge in [-0.05, 0) is 42.1 Å². The third kappa shape index (κ3) is 5.09. The molecule has 2 aromatic carbocycles. The number of alkyl halides is 5. The number of carbonyl (C=O) groups is 2. The Kier molecular flexibility index (Phi) is 6.88. The van der Waals surface area contributed by atoms with Crippen molar-refractivity contribution in [3.8, 4) is 0 Å². The van der Waals surface area contributed by atoms with E-state index < -0.39 is 68.7 Å². The van der Waals surface area contributed by atoms with E-state index >= 15 is 0 Å². The summed E-state index contributed by atoms with van der Waals surface area (Å²) in [6.07, 6.45) is -5.87. The van der Waals surface area contributed by atoms with Crippen molar-refractivity contribution < 1.29 is 44.7 Å². The predicted molar refractivity (Wildman–Crippen MR) is 95.5 cm³/mol. The molecule has 2 rings (SSSR count). The Morgan fingerprint density at radius 1 is 0.903 bits per heavy atom. The van der Waals surface area contributed by atoms with Crippen molar-refractivity contribution in [1.82, 2.24) is 4.90 Å². The number of hydrogen-bond donors (Lipinski definition) is 0. The van der Waals surface area contributed by atoms with Crippen molar-refractivity contribution in [2.24, 2.45) is 0 Å². The number of benzene rings is 2. The molecule has 0 aliphatic rings. The van der Waals surface area contributed by atoms with E-state index in [0.717, 1.165) is 44.4 Å². The number of urea groups is 1. The van der Waals surface area contributed by atoms with Gasteiger partial charge in [-0.3, -0.25) is 14.6 Å². The van der Waals surface area contributed by atoms with Crippen LogP contribution in [0.4, 0.5) is 45.6 Å². The summed E-state index contributed by atoms with van der Waals surface area (Å²) < 4.78 is 104. The number of carbonyl (C=O) groups excluding carboxylic acids is 2. The number of thioether (sulfide) groups is 1. The number of nitrogens with zero attached hydrogens (tertiary/aromatic N) is 2. The van der Waals surface area contributed by atoms with Crippen LogP contribution in [-0.2, 0) is 0 Å². The SMILES string of the molecule is CN(C(=O)c1cccc(F)c1F)C(=O)N(C)c1ccc(SC(F)(F)C(F)(F)F)cc1F. The number of amides is 3. The Morgan fingerprint density at radius 3 is 2.06 bits per heavy atom. The van der Waals surface area contributed by atoms with Crippen LogP contribution < -0.4 is 4.90 Å². The molecule has 0 aliphatic heterocycles. The second-order valence-corrected chi connectivity index (χ2v) is 7.23. The molecule has 0 atom stereocenters. The lowest BCUT2D eigenvalue weighted by Crippen LogP contribution is -2.43. The first-order chi connectivity index (χ1) is 14.2.